The fourth-order valence-electron chi connectivity index (χ4n) is 3.08. The first-order valence-corrected chi connectivity index (χ1v) is 9.69. The van der Waals surface area contributed by atoms with E-state index in [1.165, 1.54) is 28.3 Å². The Bertz CT molecular complexity index is 870. The number of amides is 1. The first-order chi connectivity index (χ1) is 13.0. The van der Waals surface area contributed by atoms with Crippen molar-refractivity contribution < 1.29 is 24.2 Å². The van der Waals surface area contributed by atoms with Crippen molar-refractivity contribution in [3.63, 3.8) is 0 Å². The number of nitrogens with zero attached hydrogens (tertiary/aromatic N) is 2. The number of carboxylic acid groups (broad SMARTS) is 1. The van der Waals surface area contributed by atoms with Crippen LogP contribution >= 0.6 is 11.3 Å². The van der Waals surface area contributed by atoms with Crippen molar-refractivity contribution in [3.8, 4) is 0 Å². The summed E-state index contributed by atoms with van der Waals surface area (Å²) in [7, 11) is 0. The number of hydrogen-bond donors (Lipinski definition) is 2. The van der Waals surface area contributed by atoms with E-state index in [9.17, 15) is 14.4 Å². The molecular weight excluding hydrogens is 370 g/mol. The number of rotatable bonds is 7. The van der Waals surface area contributed by atoms with Gasteiger partial charge in [0.25, 0.3) is 0 Å². The number of carbonyl (C=O) groups is 3. The van der Waals surface area contributed by atoms with Crippen LogP contribution in [0, 0.1) is 0 Å². The van der Waals surface area contributed by atoms with Crippen LogP contribution in [-0.4, -0.2) is 39.3 Å². The summed E-state index contributed by atoms with van der Waals surface area (Å²) in [5, 5.41) is 16.1. The van der Waals surface area contributed by atoms with Gasteiger partial charge in [-0.25, -0.2) is 9.59 Å². The molecule has 1 amide bonds. The van der Waals surface area contributed by atoms with Gasteiger partial charge in [0, 0.05) is 24.0 Å². The highest BCUT2D eigenvalue weighted by Gasteiger charge is 2.27. The molecule has 0 saturated carbocycles. The highest BCUT2D eigenvalue weighted by Crippen LogP contribution is 2.38. The molecule has 0 aromatic carbocycles. The summed E-state index contributed by atoms with van der Waals surface area (Å²) in [5.74, 6) is -1.77. The lowest BCUT2D eigenvalue weighted by Gasteiger charge is -2.12. The minimum atomic E-state index is -1.11. The van der Waals surface area contributed by atoms with Gasteiger partial charge in [0.05, 0.1) is 12.2 Å². The lowest BCUT2D eigenvalue weighted by atomic mass is 9.95. The molecule has 2 aromatic rings. The van der Waals surface area contributed by atoms with Crippen molar-refractivity contribution in [3.05, 3.63) is 34.0 Å². The molecule has 0 bridgehead atoms. The Morgan fingerprint density at radius 3 is 2.81 bits per heavy atom. The van der Waals surface area contributed by atoms with E-state index >= 15 is 0 Å². The topological polar surface area (TPSA) is 111 Å². The van der Waals surface area contributed by atoms with Gasteiger partial charge in [-0.1, -0.05) is 0 Å². The second-order valence-corrected chi connectivity index (χ2v) is 7.31. The van der Waals surface area contributed by atoms with Crippen LogP contribution in [0.15, 0.2) is 12.3 Å². The summed E-state index contributed by atoms with van der Waals surface area (Å²) < 4.78 is 6.59. The summed E-state index contributed by atoms with van der Waals surface area (Å²) in [6.45, 7) is 2.28. The fourth-order valence-corrected chi connectivity index (χ4v) is 4.37. The Labute approximate surface area is 160 Å². The molecule has 2 heterocycles. The van der Waals surface area contributed by atoms with Crippen molar-refractivity contribution in [1.82, 2.24) is 9.78 Å². The maximum absolute atomic E-state index is 12.4. The molecule has 144 valence electrons. The molecule has 3 rings (SSSR count). The van der Waals surface area contributed by atoms with Crippen molar-refractivity contribution in [2.24, 2.45) is 0 Å². The molecule has 2 aromatic heterocycles. The number of ether oxygens (including phenoxy) is 1. The van der Waals surface area contributed by atoms with E-state index in [1.54, 1.807) is 6.92 Å². The van der Waals surface area contributed by atoms with E-state index in [2.05, 4.69) is 10.4 Å². The number of fused-ring (bicyclic) bond motifs is 1. The lowest BCUT2D eigenvalue weighted by molar-refractivity contribution is -0.116. The molecule has 0 atom stereocenters. The second kappa shape index (κ2) is 8.34. The van der Waals surface area contributed by atoms with Crippen LogP contribution in [0.1, 0.15) is 57.5 Å². The van der Waals surface area contributed by atoms with Gasteiger partial charge in [-0.15, -0.1) is 11.3 Å². The molecule has 2 N–H and O–H groups in total. The first-order valence-electron chi connectivity index (χ1n) is 8.87. The summed E-state index contributed by atoms with van der Waals surface area (Å²) in [5.41, 5.74) is 1.42. The van der Waals surface area contributed by atoms with E-state index in [4.69, 9.17) is 9.84 Å². The van der Waals surface area contributed by atoms with E-state index in [1.807, 2.05) is 0 Å². The first kappa shape index (κ1) is 19.1. The number of thiophene rings is 1. The van der Waals surface area contributed by atoms with Crippen LogP contribution in [0.5, 0.6) is 0 Å². The number of carboxylic acids is 1. The third-order valence-corrected chi connectivity index (χ3v) is 5.54. The molecule has 8 nitrogen and oxygen atoms in total. The van der Waals surface area contributed by atoms with Crippen molar-refractivity contribution in [2.45, 2.75) is 45.6 Å². The largest absolute Gasteiger partial charge is 0.476 e. The zero-order chi connectivity index (χ0) is 19.4. The zero-order valence-electron chi connectivity index (χ0n) is 15.0. The van der Waals surface area contributed by atoms with Gasteiger partial charge in [-0.3, -0.25) is 9.48 Å². The third kappa shape index (κ3) is 4.36. The fraction of sp³-hybridized carbons (Fsp3) is 0.444. The Morgan fingerprint density at radius 2 is 2.11 bits per heavy atom. The number of aromatic carboxylic acids is 1. The predicted octanol–water partition coefficient (Wildman–Crippen LogP) is 2.73. The normalized spacial score (nSPS) is 13.1. The molecule has 0 radical (unpaired) electrons. The molecule has 0 spiro atoms. The molecule has 1 aliphatic carbocycles. The molecule has 0 fully saturated rings. The highest BCUT2D eigenvalue weighted by molar-refractivity contribution is 7.17. The molecule has 9 heteroatoms. The van der Waals surface area contributed by atoms with Gasteiger partial charge in [0.15, 0.2) is 5.69 Å². The number of anilines is 1. The number of aryl methyl sites for hydroxylation is 2. The van der Waals surface area contributed by atoms with Crippen molar-refractivity contribution in [1.29, 1.82) is 0 Å². The maximum atomic E-state index is 12.4. The minimum absolute atomic E-state index is 0.0639. The number of aromatic nitrogens is 2. The van der Waals surface area contributed by atoms with Crippen LogP contribution in [0.3, 0.4) is 0 Å². The van der Waals surface area contributed by atoms with Gasteiger partial charge in [-0.05, 0) is 44.2 Å². The van der Waals surface area contributed by atoms with E-state index in [-0.39, 0.29) is 31.2 Å². The summed E-state index contributed by atoms with van der Waals surface area (Å²) in [6, 6.07) is 1.38. The van der Waals surface area contributed by atoms with Crippen LogP contribution in [0.2, 0.25) is 0 Å². The number of esters is 1. The Kier molecular flexibility index (Phi) is 5.90. The lowest BCUT2D eigenvalue weighted by Crippen LogP contribution is -2.17. The Hall–Kier alpha value is -2.68. The monoisotopic (exact) mass is 391 g/mol. The molecular formula is C18H21N3O5S. The second-order valence-electron chi connectivity index (χ2n) is 6.20. The quantitative estimate of drug-likeness (QED) is 0.702. The Morgan fingerprint density at radius 1 is 1.33 bits per heavy atom. The SMILES string of the molecule is CCOC(=O)c1c(NC(=O)CCn2ccc(C(=O)O)n2)sc2c1CCCC2. The van der Waals surface area contributed by atoms with Gasteiger partial charge < -0.3 is 15.2 Å². The van der Waals surface area contributed by atoms with Crippen molar-refractivity contribution in [2.75, 3.05) is 11.9 Å². The van der Waals surface area contributed by atoms with Gasteiger partial charge in [0.1, 0.15) is 5.00 Å². The summed E-state index contributed by atoms with van der Waals surface area (Å²) >= 11 is 1.44. The van der Waals surface area contributed by atoms with Crippen LogP contribution in [0.4, 0.5) is 5.00 Å². The maximum Gasteiger partial charge on any atom is 0.356 e. The average Bonchev–Trinajstić information content (AvgIpc) is 3.24. The number of hydrogen-bond acceptors (Lipinski definition) is 6. The predicted molar refractivity (Wildman–Crippen MR) is 99.4 cm³/mol. The number of nitrogens with one attached hydrogen (secondary N) is 1. The van der Waals surface area contributed by atoms with Gasteiger partial charge >= 0.3 is 11.9 Å². The molecule has 0 unspecified atom stereocenters. The average molecular weight is 391 g/mol. The van der Waals surface area contributed by atoms with E-state index in [0.29, 0.717) is 10.6 Å². The van der Waals surface area contributed by atoms with Crippen molar-refractivity contribution >= 4 is 34.2 Å². The Balaban J connectivity index is 1.70. The highest BCUT2D eigenvalue weighted by atomic mass is 32.1. The third-order valence-electron chi connectivity index (χ3n) is 4.33. The molecule has 0 aliphatic heterocycles. The number of carbonyl (C=O) groups excluding carboxylic acids is 2. The van der Waals surface area contributed by atoms with Crippen LogP contribution < -0.4 is 5.32 Å². The molecule has 27 heavy (non-hydrogen) atoms. The van der Waals surface area contributed by atoms with Gasteiger partial charge in [0.2, 0.25) is 5.91 Å². The summed E-state index contributed by atoms with van der Waals surface area (Å²) in [4.78, 5) is 36.7. The zero-order valence-corrected chi connectivity index (χ0v) is 15.8. The van der Waals surface area contributed by atoms with E-state index in [0.717, 1.165) is 36.1 Å². The minimum Gasteiger partial charge on any atom is -0.476 e. The summed E-state index contributed by atoms with van der Waals surface area (Å²) in [6.07, 6.45) is 5.47. The standard InChI is InChI=1S/C18H21N3O5S/c1-2-26-18(25)15-11-5-3-4-6-13(11)27-16(15)19-14(22)8-10-21-9-7-12(20-21)17(23)24/h7,9H,2-6,8,10H2,1H3,(H,19,22)(H,23,24). The molecule has 0 saturated heterocycles. The van der Waals surface area contributed by atoms with Crippen LogP contribution in [-0.2, 0) is 28.9 Å². The van der Waals surface area contributed by atoms with Gasteiger partial charge in [-0.2, -0.15) is 5.10 Å². The van der Waals surface area contributed by atoms with Crippen LogP contribution in [0.25, 0.3) is 0 Å². The smallest absolute Gasteiger partial charge is 0.356 e. The van der Waals surface area contributed by atoms with E-state index < -0.39 is 11.9 Å². The molecule has 1 aliphatic rings.